The molecular formula is C16H23NO2. The first-order valence-electron chi connectivity index (χ1n) is 7.19. The molecule has 0 atom stereocenters. The van der Waals surface area contributed by atoms with Gasteiger partial charge in [0.2, 0.25) is 0 Å². The van der Waals surface area contributed by atoms with Gasteiger partial charge in [0.1, 0.15) is 5.75 Å². The molecule has 0 saturated heterocycles. The van der Waals surface area contributed by atoms with Crippen LogP contribution in [0, 0.1) is 0 Å². The van der Waals surface area contributed by atoms with Crippen LogP contribution in [-0.2, 0) is 0 Å². The largest absolute Gasteiger partial charge is 0.490 e. The zero-order chi connectivity index (χ0) is 13.7. The maximum Gasteiger partial charge on any atom is 0.180 e. The molecule has 0 spiro atoms. The number of carbonyl (C=O) groups excluding carboxylic acids is 1. The van der Waals surface area contributed by atoms with Crippen LogP contribution in [0.1, 0.15) is 49.9 Å². The van der Waals surface area contributed by atoms with Crippen molar-refractivity contribution >= 4 is 5.78 Å². The number of Topliss-reactive ketones (excluding diaryl/α,β-unsaturated/α-hetero) is 1. The monoisotopic (exact) mass is 261 g/mol. The van der Waals surface area contributed by atoms with E-state index in [-0.39, 0.29) is 11.9 Å². The zero-order valence-corrected chi connectivity index (χ0v) is 11.8. The summed E-state index contributed by atoms with van der Waals surface area (Å²) in [5, 5.41) is 3.36. The van der Waals surface area contributed by atoms with Crippen molar-refractivity contribution in [1.82, 2.24) is 5.32 Å². The van der Waals surface area contributed by atoms with Crippen molar-refractivity contribution in [3.63, 3.8) is 0 Å². The Morgan fingerprint density at radius 1 is 1.32 bits per heavy atom. The van der Waals surface area contributed by atoms with Crippen LogP contribution in [0.5, 0.6) is 5.75 Å². The van der Waals surface area contributed by atoms with E-state index < -0.39 is 0 Å². The summed E-state index contributed by atoms with van der Waals surface area (Å²) in [5.74, 6) is 0.805. The van der Waals surface area contributed by atoms with E-state index in [4.69, 9.17) is 4.74 Å². The van der Waals surface area contributed by atoms with Crippen LogP contribution < -0.4 is 10.1 Å². The SMILES string of the molecule is CC(C)Oc1ccccc1C(=O)CNC1CCCC1. The van der Waals surface area contributed by atoms with Gasteiger partial charge in [0.25, 0.3) is 0 Å². The van der Waals surface area contributed by atoms with E-state index in [0.717, 1.165) is 0 Å². The Balaban J connectivity index is 1.97. The van der Waals surface area contributed by atoms with Crippen molar-refractivity contribution in [3.8, 4) is 5.75 Å². The molecule has 3 nitrogen and oxygen atoms in total. The van der Waals surface area contributed by atoms with E-state index in [1.54, 1.807) is 0 Å². The fraction of sp³-hybridized carbons (Fsp3) is 0.562. The maximum atomic E-state index is 12.3. The number of rotatable bonds is 6. The predicted octanol–water partition coefficient (Wildman–Crippen LogP) is 3.19. The summed E-state index contributed by atoms with van der Waals surface area (Å²) in [6, 6.07) is 8.01. The van der Waals surface area contributed by atoms with Crippen LogP contribution in [0.15, 0.2) is 24.3 Å². The van der Waals surface area contributed by atoms with E-state index in [1.165, 1.54) is 25.7 Å². The summed E-state index contributed by atoms with van der Waals surface area (Å²) in [4.78, 5) is 12.3. The molecule has 3 heteroatoms. The number of ether oxygens (including phenoxy) is 1. The number of benzene rings is 1. The Morgan fingerprint density at radius 3 is 2.68 bits per heavy atom. The van der Waals surface area contributed by atoms with E-state index in [2.05, 4.69) is 5.32 Å². The Hall–Kier alpha value is -1.35. The second-order valence-corrected chi connectivity index (χ2v) is 5.45. The van der Waals surface area contributed by atoms with Gasteiger partial charge < -0.3 is 10.1 Å². The van der Waals surface area contributed by atoms with Gasteiger partial charge in [0.15, 0.2) is 5.78 Å². The fourth-order valence-electron chi connectivity index (χ4n) is 2.52. The third-order valence-corrected chi connectivity index (χ3v) is 3.46. The van der Waals surface area contributed by atoms with Crippen LogP contribution >= 0.6 is 0 Å². The second kappa shape index (κ2) is 6.71. The summed E-state index contributed by atoms with van der Waals surface area (Å²) in [7, 11) is 0. The molecule has 0 heterocycles. The van der Waals surface area contributed by atoms with Crippen LogP contribution in [-0.4, -0.2) is 24.5 Å². The van der Waals surface area contributed by atoms with Gasteiger partial charge in [-0.2, -0.15) is 0 Å². The quantitative estimate of drug-likeness (QED) is 0.799. The topological polar surface area (TPSA) is 38.3 Å². The van der Waals surface area contributed by atoms with E-state index in [9.17, 15) is 4.79 Å². The Morgan fingerprint density at radius 2 is 2.00 bits per heavy atom. The molecule has 0 amide bonds. The summed E-state index contributed by atoms with van der Waals surface area (Å²) in [6.45, 7) is 4.35. The second-order valence-electron chi connectivity index (χ2n) is 5.45. The minimum Gasteiger partial charge on any atom is -0.490 e. The molecule has 1 N–H and O–H groups in total. The van der Waals surface area contributed by atoms with Crippen LogP contribution in [0.3, 0.4) is 0 Å². The lowest BCUT2D eigenvalue weighted by Gasteiger charge is -2.15. The van der Waals surface area contributed by atoms with Gasteiger partial charge >= 0.3 is 0 Å². The summed E-state index contributed by atoms with van der Waals surface area (Å²) in [5.41, 5.74) is 0.682. The van der Waals surface area contributed by atoms with Gasteiger partial charge in [0, 0.05) is 6.04 Å². The molecule has 0 aromatic heterocycles. The molecule has 0 bridgehead atoms. The molecule has 1 fully saturated rings. The van der Waals surface area contributed by atoms with Gasteiger partial charge in [-0.1, -0.05) is 25.0 Å². The van der Waals surface area contributed by atoms with Gasteiger partial charge in [-0.25, -0.2) is 0 Å². The Kier molecular flexibility index (Phi) is 4.97. The van der Waals surface area contributed by atoms with E-state index >= 15 is 0 Å². The highest BCUT2D eigenvalue weighted by Crippen LogP contribution is 2.21. The molecule has 1 aromatic carbocycles. The number of nitrogens with one attached hydrogen (secondary N) is 1. The minimum atomic E-state index is 0.0803. The first-order valence-corrected chi connectivity index (χ1v) is 7.19. The normalized spacial score (nSPS) is 15.9. The summed E-state index contributed by atoms with van der Waals surface area (Å²) in [6.07, 6.45) is 5.02. The number of hydrogen-bond donors (Lipinski definition) is 1. The Labute approximate surface area is 115 Å². The standard InChI is InChI=1S/C16H23NO2/c1-12(2)19-16-10-6-5-9-14(16)15(18)11-17-13-7-3-4-8-13/h5-6,9-10,12-13,17H,3-4,7-8,11H2,1-2H3. The third kappa shape index (κ3) is 4.06. The number of hydrogen-bond acceptors (Lipinski definition) is 3. The highest BCUT2D eigenvalue weighted by atomic mass is 16.5. The molecular weight excluding hydrogens is 238 g/mol. The van der Waals surface area contributed by atoms with Crippen molar-refractivity contribution in [2.45, 2.75) is 51.7 Å². The lowest BCUT2D eigenvalue weighted by atomic mass is 10.1. The molecule has 0 radical (unpaired) electrons. The van der Waals surface area contributed by atoms with Crippen molar-refractivity contribution in [2.24, 2.45) is 0 Å². The van der Waals surface area contributed by atoms with Crippen molar-refractivity contribution in [3.05, 3.63) is 29.8 Å². The lowest BCUT2D eigenvalue weighted by Crippen LogP contribution is -2.31. The molecule has 2 rings (SSSR count). The van der Waals surface area contributed by atoms with Gasteiger partial charge in [0.05, 0.1) is 18.2 Å². The molecule has 104 valence electrons. The molecule has 1 aliphatic carbocycles. The highest BCUT2D eigenvalue weighted by molar-refractivity contribution is 6.00. The minimum absolute atomic E-state index is 0.0803. The van der Waals surface area contributed by atoms with Crippen molar-refractivity contribution in [1.29, 1.82) is 0 Å². The smallest absolute Gasteiger partial charge is 0.180 e. The van der Waals surface area contributed by atoms with Gasteiger partial charge in [-0.05, 0) is 38.8 Å². The first kappa shape index (κ1) is 14.1. The van der Waals surface area contributed by atoms with E-state index in [1.807, 2.05) is 38.1 Å². The van der Waals surface area contributed by atoms with Crippen LogP contribution in [0.4, 0.5) is 0 Å². The van der Waals surface area contributed by atoms with Crippen molar-refractivity contribution < 1.29 is 9.53 Å². The number of ketones is 1. The van der Waals surface area contributed by atoms with Gasteiger partial charge in [-0.15, -0.1) is 0 Å². The maximum absolute atomic E-state index is 12.3. The summed E-state index contributed by atoms with van der Waals surface area (Å²) >= 11 is 0. The molecule has 1 aliphatic rings. The first-order chi connectivity index (χ1) is 9.16. The van der Waals surface area contributed by atoms with Crippen LogP contribution in [0.25, 0.3) is 0 Å². The average Bonchev–Trinajstić information content (AvgIpc) is 2.89. The third-order valence-electron chi connectivity index (χ3n) is 3.46. The Bertz CT molecular complexity index is 423. The molecule has 19 heavy (non-hydrogen) atoms. The molecule has 1 aromatic rings. The highest BCUT2D eigenvalue weighted by Gasteiger charge is 2.17. The van der Waals surface area contributed by atoms with Crippen LogP contribution in [0.2, 0.25) is 0 Å². The predicted molar refractivity (Wildman–Crippen MR) is 76.8 cm³/mol. The molecule has 1 saturated carbocycles. The summed E-state index contributed by atoms with van der Waals surface area (Å²) < 4.78 is 5.69. The lowest BCUT2D eigenvalue weighted by molar-refractivity contribution is 0.0981. The number of para-hydroxylation sites is 1. The fourth-order valence-corrected chi connectivity index (χ4v) is 2.52. The van der Waals surface area contributed by atoms with Gasteiger partial charge in [-0.3, -0.25) is 4.79 Å². The molecule has 0 aliphatic heterocycles. The molecule has 0 unspecified atom stereocenters. The van der Waals surface area contributed by atoms with Crippen molar-refractivity contribution in [2.75, 3.05) is 6.54 Å². The number of carbonyl (C=O) groups is 1. The zero-order valence-electron chi connectivity index (χ0n) is 11.8. The van der Waals surface area contributed by atoms with E-state index in [0.29, 0.717) is 23.9 Å². The average molecular weight is 261 g/mol.